The van der Waals surface area contributed by atoms with Gasteiger partial charge in [0.1, 0.15) is 5.60 Å². The molecule has 0 N–H and O–H groups in total. The molecule has 4 fully saturated rings. The van der Waals surface area contributed by atoms with E-state index in [1.807, 2.05) is 0 Å². The SMILES string of the molecule is C[C@]12CCC3(CC1=CC[C@@H]1[C@@H]2CC[C@@]2(C)[C@H]1CC[C@@]2(C#N)O[Si](C)(C)C)OCCO3. The molecule has 4 nitrogen and oxygen atoms in total. The fraction of sp³-hybridized carbons (Fsp3) is 0.880. The molecule has 5 rings (SSSR count). The predicted molar refractivity (Wildman–Crippen MR) is 119 cm³/mol. The van der Waals surface area contributed by atoms with E-state index in [1.165, 1.54) is 6.42 Å². The van der Waals surface area contributed by atoms with Gasteiger partial charge in [-0.2, -0.15) is 5.26 Å². The largest absolute Gasteiger partial charge is 0.399 e. The Morgan fingerprint density at radius 3 is 2.40 bits per heavy atom. The van der Waals surface area contributed by atoms with Crippen molar-refractivity contribution in [1.29, 1.82) is 5.26 Å². The van der Waals surface area contributed by atoms with Crippen molar-refractivity contribution in [3.63, 3.8) is 0 Å². The molecule has 4 aliphatic carbocycles. The summed E-state index contributed by atoms with van der Waals surface area (Å²) in [5.74, 6) is 1.65. The van der Waals surface area contributed by atoms with Crippen molar-refractivity contribution in [3.8, 4) is 6.07 Å². The fourth-order valence-electron chi connectivity index (χ4n) is 8.24. The monoisotopic (exact) mass is 429 g/mol. The molecular weight excluding hydrogens is 390 g/mol. The molecule has 6 atom stereocenters. The molecule has 0 amide bonds. The van der Waals surface area contributed by atoms with Crippen molar-refractivity contribution in [3.05, 3.63) is 11.6 Å². The molecule has 3 saturated carbocycles. The van der Waals surface area contributed by atoms with E-state index in [4.69, 9.17) is 13.9 Å². The molecular formula is C25H39NO3Si. The number of hydrogen-bond acceptors (Lipinski definition) is 4. The molecule has 1 saturated heterocycles. The summed E-state index contributed by atoms with van der Waals surface area (Å²) in [7, 11) is -1.81. The maximum absolute atomic E-state index is 10.3. The summed E-state index contributed by atoms with van der Waals surface area (Å²) >= 11 is 0. The smallest absolute Gasteiger partial charge is 0.185 e. The molecule has 5 heteroatoms. The molecule has 0 aromatic rings. The lowest BCUT2D eigenvalue weighted by Crippen LogP contribution is -2.57. The molecule has 1 aliphatic heterocycles. The van der Waals surface area contributed by atoms with Gasteiger partial charge >= 0.3 is 0 Å². The molecule has 0 radical (unpaired) electrons. The lowest BCUT2D eigenvalue weighted by atomic mass is 9.47. The average molecular weight is 430 g/mol. The maximum atomic E-state index is 10.3. The molecule has 166 valence electrons. The zero-order valence-electron chi connectivity index (χ0n) is 19.6. The quantitative estimate of drug-likeness (QED) is 0.411. The lowest BCUT2D eigenvalue weighted by molar-refractivity contribution is -0.186. The number of nitriles is 1. The molecule has 5 aliphatic rings. The van der Waals surface area contributed by atoms with Gasteiger partial charge in [0, 0.05) is 18.3 Å². The van der Waals surface area contributed by atoms with Crippen LogP contribution in [-0.2, 0) is 13.9 Å². The topological polar surface area (TPSA) is 51.5 Å². The summed E-state index contributed by atoms with van der Waals surface area (Å²) in [5.41, 5.74) is 1.25. The minimum atomic E-state index is -1.81. The number of allylic oxidation sites excluding steroid dienone is 1. The van der Waals surface area contributed by atoms with Crippen molar-refractivity contribution in [1.82, 2.24) is 0 Å². The van der Waals surface area contributed by atoms with E-state index in [1.54, 1.807) is 5.57 Å². The summed E-state index contributed by atoms with van der Waals surface area (Å²) in [4.78, 5) is 0. The average Bonchev–Trinajstić information content (AvgIpc) is 3.24. The zero-order chi connectivity index (χ0) is 21.4. The molecule has 0 aromatic heterocycles. The Labute approximate surface area is 183 Å². The van der Waals surface area contributed by atoms with Gasteiger partial charge in [-0.05, 0) is 81.3 Å². The Bertz CT molecular complexity index is 791. The predicted octanol–water partition coefficient (Wildman–Crippen LogP) is 5.81. The fourth-order valence-corrected chi connectivity index (χ4v) is 9.67. The normalized spacial score (nSPS) is 47.2. The minimum absolute atomic E-state index is 0.0154. The third-order valence-corrected chi connectivity index (χ3v) is 10.7. The van der Waals surface area contributed by atoms with Crippen LogP contribution in [0.3, 0.4) is 0 Å². The molecule has 0 unspecified atom stereocenters. The zero-order valence-corrected chi connectivity index (χ0v) is 20.6. The van der Waals surface area contributed by atoms with Gasteiger partial charge in [0.15, 0.2) is 14.1 Å². The highest BCUT2D eigenvalue weighted by molar-refractivity contribution is 6.69. The highest BCUT2D eigenvalue weighted by atomic mass is 28.4. The lowest BCUT2D eigenvalue weighted by Gasteiger charge is -2.59. The first-order valence-electron chi connectivity index (χ1n) is 12.2. The van der Waals surface area contributed by atoms with Gasteiger partial charge < -0.3 is 13.9 Å². The van der Waals surface area contributed by atoms with Crippen LogP contribution in [0.1, 0.15) is 65.2 Å². The highest BCUT2D eigenvalue weighted by Crippen LogP contribution is 2.68. The van der Waals surface area contributed by atoms with Crippen molar-refractivity contribution < 1.29 is 13.9 Å². The Balaban J connectivity index is 1.45. The minimum Gasteiger partial charge on any atom is -0.399 e. The molecule has 0 bridgehead atoms. The first kappa shape index (κ1) is 21.2. The van der Waals surface area contributed by atoms with Gasteiger partial charge in [0.05, 0.1) is 19.3 Å². The molecule has 30 heavy (non-hydrogen) atoms. The van der Waals surface area contributed by atoms with Crippen LogP contribution in [-0.4, -0.2) is 32.9 Å². The van der Waals surface area contributed by atoms with Gasteiger partial charge in [0.25, 0.3) is 0 Å². The van der Waals surface area contributed by atoms with E-state index in [2.05, 4.69) is 45.6 Å². The van der Waals surface area contributed by atoms with Gasteiger partial charge in [-0.25, -0.2) is 0 Å². The van der Waals surface area contributed by atoms with Crippen LogP contribution in [0.25, 0.3) is 0 Å². The van der Waals surface area contributed by atoms with Gasteiger partial charge in [0.2, 0.25) is 0 Å². The number of hydrogen-bond donors (Lipinski definition) is 0. The molecule has 0 aromatic carbocycles. The second-order valence-corrected chi connectivity index (χ2v) is 16.6. The Morgan fingerprint density at radius 1 is 1.03 bits per heavy atom. The van der Waals surface area contributed by atoms with Crippen LogP contribution in [0.15, 0.2) is 11.6 Å². The number of rotatable bonds is 2. The van der Waals surface area contributed by atoms with Gasteiger partial charge in [-0.3, -0.25) is 0 Å². The van der Waals surface area contributed by atoms with E-state index in [0.29, 0.717) is 11.8 Å². The van der Waals surface area contributed by atoms with Crippen molar-refractivity contribution >= 4 is 8.32 Å². The summed E-state index contributed by atoms with van der Waals surface area (Å²) < 4.78 is 18.9. The maximum Gasteiger partial charge on any atom is 0.185 e. The summed E-state index contributed by atoms with van der Waals surface area (Å²) in [6.45, 7) is 13.1. The van der Waals surface area contributed by atoms with Crippen molar-refractivity contribution in [2.75, 3.05) is 13.2 Å². The summed E-state index contributed by atoms with van der Waals surface area (Å²) in [6.07, 6.45) is 11.2. The van der Waals surface area contributed by atoms with Crippen LogP contribution in [0.2, 0.25) is 19.6 Å². The van der Waals surface area contributed by atoms with Crippen LogP contribution < -0.4 is 0 Å². The highest BCUT2D eigenvalue weighted by Gasteiger charge is 2.66. The van der Waals surface area contributed by atoms with E-state index in [0.717, 1.165) is 64.1 Å². The first-order chi connectivity index (χ1) is 14.1. The van der Waals surface area contributed by atoms with Crippen LogP contribution in [0, 0.1) is 39.9 Å². The van der Waals surface area contributed by atoms with Crippen molar-refractivity contribution in [2.45, 2.75) is 96.2 Å². The second-order valence-electron chi connectivity index (χ2n) is 12.2. The van der Waals surface area contributed by atoms with E-state index < -0.39 is 13.9 Å². The van der Waals surface area contributed by atoms with Crippen LogP contribution in [0.5, 0.6) is 0 Å². The van der Waals surface area contributed by atoms with E-state index in [9.17, 15) is 5.26 Å². The Kier molecular flexibility index (Phi) is 4.71. The van der Waals surface area contributed by atoms with Gasteiger partial charge in [-0.15, -0.1) is 0 Å². The third-order valence-electron chi connectivity index (χ3n) is 9.70. The molecule has 1 heterocycles. The van der Waals surface area contributed by atoms with Crippen LogP contribution >= 0.6 is 0 Å². The second kappa shape index (κ2) is 6.67. The Morgan fingerprint density at radius 2 is 1.73 bits per heavy atom. The number of ether oxygens (including phenoxy) is 2. The first-order valence-corrected chi connectivity index (χ1v) is 15.6. The van der Waals surface area contributed by atoms with Crippen LogP contribution in [0.4, 0.5) is 0 Å². The van der Waals surface area contributed by atoms with E-state index in [-0.39, 0.29) is 16.6 Å². The Hall–Kier alpha value is -0.673. The number of fused-ring (bicyclic) bond motifs is 5. The van der Waals surface area contributed by atoms with Gasteiger partial charge in [-0.1, -0.05) is 25.5 Å². The summed E-state index contributed by atoms with van der Waals surface area (Å²) in [5, 5.41) is 10.3. The third kappa shape index (κ3) is 2.86. The molecule has 1 spiro atoms. The number of nitrogens with zero attached hydrogens (tertiary/aromatic N) is 1. The standard InChI is InChI=1S/C25H39NO3Si/c1-22-12-13-25(27-14-15-28-25)16-18(22)6-7-19-20(22)8-10-23(2)21(19)9-11-24(23,17-26)29-30(3,4)5/h6,19-21H,7-16H2,1-5H3/t19-,20+,21+,22+,23+,24+/m1/s1. The summed E-state index contributed by atoms with van der Waals surface area (Å²) in [6, 6.07) is 2.73. The van der Waals surface area contributed by atoms with E-state index >= 15 is 0 Å². The van der Waals surface area contributed by atoms with Crippen molar-refractivity contribution in [2.24, 2.45) is 28.6 Å².